The van der Waals surface area contributed by atoms with Crippen molar-refractivity contribution >= 4 is 12.0 Å². The van der Waals surface area contributed by atoms with Crippen LogP contribution in [0.1, 0.15) is 16.7 Å². The number of rotatable bonds is 2. The van der Waals surface area contributed by atoms with E-state index in [9.17, 15) is 9.59 Å². The standard InChI is InChI=1S/C15H12N4O2/c1-18-13-12(6-7-17-13)14(20)19(15(18)21)9-11-5-3-2-4-10(11)8-16/h2-5,7H,6,9H2,1H3. The number of fused-ring (bicyclic) bond motifs is 1. The smallest absolute Gasteiger partial charge is 0.281 e. The lowest BCUT2D eigenvalue weighted by Gasteiger charge is -2.11. The highest BCUT2D eigenvalue weighted by Gasteiger charge is 2.19. The van der Waals surface area contributed by atoms with E-state index in [2.05, 4.69) is 11.1 Å². The normalized spacial score (nSPS) is 12.2. The quantitative estimate of drug-likeness (QED) is 0.813. The van der Waals surface area contributed by atoms with Gasteiger partial charge in [0.25, 0.3) is 5.56 Å². The molecule has 0 bridgehead atoms. The van der Waals surface area contributed by atoms with Gasteiger partial charge in [0, 0.05) is 19.7 Å². The third kappa shape index (κ3) is 1.99. The minimum absolute atomic E-state index is 0.0858. The second-order valence-electron chi connectivity index (χ2n) is 4.82. The Balaban J connectivity index is 2.18. The molecule has 0 saturated carbocycles. The number of hydrogen-bond acceptors (Lipinski definition) is 4. The van der Waals surface area contributed by atoms with Crippen molar-refractivity contribution in [2.45, 2.75) is 13.0 Å². The summed E-state index contributed by atoms with van der Waals surface area (Å²) in [5.41, 5.74) is 0.872. The molecule has 1 aliphatic rings. The molecule has 0 radical (unpaired) electrons. The average Bonchev–Trinajstić information content (AvgIpc) is 2.99. The summed E-state index contributed by atoms with van der Waals surface area (Å²) in [7, 11) is 1.59. The van der Waals surface area contributed by atoms with Crippen LogP contribution in [-0.2, 0) is 20.0 Å². The number of aliphatic imine (C=N–C) groups is 1. The van der Waals surface area contributed by atoms with Gasteiger partial charge in [-0.2, -0.15) is 5.26 Å². The molecule has 0 aliphatic carbocycles. The number of aromatic nitrogens is 2. The van der Waals surface area contributed by atoms with E-state index in [1.54, 1.807) is 37.5 Å². The molecule has 1 aromatic carbocycles. The molecule has 104 valence electrons. The number of nitrogens with zero attached hydrogens (tertiary/aromatic N) is 4. The molecule has 3 rings (SSSR count). The lowest BCUT2D eigenvalue weighted by Crippen LogP contribution is -2.40. The topological polar surface area (TPSA) is 80.1 Å². The van der Waals surface area contributed by atoms with Crippen LogP contribution in [0.3, 0.4) is 0 Å². The van der Waals surface area contributed by atoms with Crippen molar-refractivity contribution in [3.63, 3.8) is 0 Å². The molecule has 2 heterocycles. The summed E-state index contributed by atoms with van der Waals surface area (Å²) in [5, 5.41) is 9.10. The third-order valence-corrected chi connectivity index (χ3v) is 3.58. The highest BCUT2D eigenvalue weighted by Crippen LogP contribution is 2.18. The fourth-order valence-electron chi connectivity index (χ4n) is 2.46. The van der Waals surface area contributed by atoms with Crippen LogP contribution in [0.4, 0.5) is 5.82 Å². The van der Waals surface area contributed by atoms with E-state index in [0.29, 0.717) is 28.9 Å². The minimum atomic E-state index is -0.425. The van der Waals surface area contributed by atoms with Crippen LogP contribution in [0.5, 0.6) is 0 Å². The van der Waals surface area contributed by atoms with Crippen molar-refractivity contribution in [3.05, 3.63) is 61.8 Å². The summed E-state index contributed by atoms with van der Waals surface area (Å²) in [6.45, 7) is 0.0858. The second-order valence-corrected chi connectivity index (χ2v) is 4.82. The molecule has 1 aliphatic heterocycles. The highest BCUT2D eigenvalue weighted by molar-refractivity contribution is 5.73. The van der Waals surface area contributed by atoms with Crippen LogP contribution in [0.2, 0.25) is 0 Å². The minimum Gasteiger partial charge on any atom is -0.281 e. The first kappa shape index (κ1) is 13.1. The van der Waals surface area contributed by atoms with Crippen LogP contribution in [0, 0.1) is 11.3 Å². The van der Waals surface area contributed by atoms with Gasteiger partial charge < -0.3 is 0 Å². The first-order valence-electron chi connectivity index (χ1n) is 6.46. The molecule has 2 aromatic rings. The number of benzene rings is 1. The molecule has 0 unspecified atom stereocenters. The molecular formula is C15H12N4O2. The monoisotopic (exact) mass is 280 g/mol. The van der Waals surface area contributed by atoms with Gasteiger partial charge in [-0.05, 0) is 11.6 Å². The molecule has 6 heteroatoms. The largest absolute Gasteiger partial charge is 0.332 e. The fraction of sp³-hybridized carbons (Fsp3) is 0.200. The van der Waals surface area contributed by atoms with E-state index in [-0.39, 0.29) is 12.1 Å². The third-order valence-electron chi connectivity index (χ3n) is 3.58. The Morgan fingerprint density at radius 1 is 1.33 bits per heavy atom. The Hall–Kier alpha value is -2.94. The van der Waals surface area contributed by atoms with Crippen LogP contribution in [0.25, 0.3) is 0 Å². The molecule has 0 fully saturated rings. The van der Waals surface area contributed by atoms with Gasteiger partial charge in [-0.3, -0.25) is 13.9 Å². The fourth-order valence-corrected chi connectivity index (χ4v) is 2.46. The molecular weight excluding hydrogens is 268 g/mol. The van der Waals surface area contributed by atoms with Crippen LogP contribution in [-0.4, -0.2) is 15.3 Å². The zero-order chi connectivity index (χ0) is 15.0. The summed E-state index contributed by atoms with van der Waals surface area (Å²) >= 11 is 0. The zero-order valence-electron chi connectivity index (χ0n) is 11.4. The van der Waals surface area contributed by atoms with E-state index < -0.39 is 5.69 Å². The first-order chi connectivity index (χ1) is 10.1. The van der Waals surface area contributed by atoms with E-state index >= 15 is 0 Å². The molecule has 0 N–H and O–H groups in total. The molecule has 0 saturated heterocycles. The van der Waals surface area contributed by atoms with Crippen LogP contribution < -0.4 is 11.2 Å². The van der Waals surface area contributed by atoms with Crippen molar-refractivity contribution in [2.75, 3.05) is 0 Å². The van der Waals surface area contributed by atoms with Gasteiger partial charge in [0.2, 0.25) is 0 Å². The molecule has 1 aromatic heterocycles. The maximum atomic E-state index is 12.4. The van der Waals surface area contributed by atoms with E-state index in [4.69, 9.17) is 5.26 Å². The van der Waals surface area contributed by atoms with Crippen molar-refractivity contribution in [1.82, 2.24) is 9.13 Å². The second kappa shape index (κ2) is 4.87. The molecule has 0 spiro atoms. The molecule has 21 heavy (non-hydrogen) atoms. The summed E-state index contributed by atoms with van der Waals surface area (Å²) in [6, 6.07) is 9.01. The molecule has 0 atom stereocenters. The predicted molar refractivity (Wildman–Crippen MR) is 78.1 cm³/mol. The van der Waals surface area contributed by atoms with Crippen molar-refractivity contribution in [1.29, 1.82) is 5.26 Å². The maximum Gasteiger partial charge on any atom is 0.332 e. The molecule has 6 nitrogen and oxygen atoms in total. The van der Waals surface area contributed by atoms with E-state index in [1.807, 2.05) is 0 Å². The Bertz CT molecular complexity index is 913. The number of nitriles is 1. The van der Waals surface area contributed by atoms with Gasteiger partial charge in [0.05, 0.1) is 23.7 Å². The zero-order valence-corrected chi connectivity index (χ0v) is 11.4. The van der Waals surface area contributed by atoms with Crippen LogP contribution in [0.15, 0.2) is 38.8 Å². The Labute approximate surface area is 120 Å². The summed E-state index contributed by atoms with van der Waals surface area (Å²) < 4.78 is 2.53. The summed E-state index contributed by atoms with van der Waals surface area (Å²) in [5.74, 6) is 0.426. The van der Waals surface area contributed by atoms with Crippen molar-refractivity contribution < 1.29 is 0 Å². The molecule has 0 amide bonds. The van der Waals surface area contributed by atoms with Gasteiger partial charge >= 0.3 is 5.69 Å². The Morgan fingerprint density at radius 2 is 2.10 bits per heavy atom. The Kier molecular flexibility index (Phi) is 3.03. The van der Waals surface area contributed by atoms with E-state index in [0.717, 1.165) is 4.57 Å². The van der Waals surface area contributed by atoms with Crippen molar-refractivity contribution in [3.8, 4) is 6.07 Å². The lowest BCUT2D eigenvalue weighted by molar-refractivity contribution is 0.636. The van der Waals surface area contributed by atoms with Gasteiger partial charge in [-0.15, -0.1) is 0 Å². The summed E-state index contributed by atoms with van der Waals surface area (Å²) in [6.07, 6.45) is 2.06. The number of hydrogen-bond donors (Lipinski definition) is 0. The summed E-state index contributed by atoms with van der Waals surface area (Å²) in [4.78, 5) is 28.8. The first-order valence-corrected chi connectivity index (χ1v) is 6.46. The Morgan fingerprint density at radius 3 is 2.86 bits per heavy atom. The SMILES string of the molecule is Cn1c2c(c(=O)n(Cc3ccccc3C#N)c1=O)CC=N2. The average molecular weight is 280 g/mol. The highest BCUT2D eigenvalue weighted by atomic mass is 16.2. The van der Waals surface area contributed by atoms with Gasteiger partial charge in [0.1, 0.15) is 5.82 Å². The van der Waals surface area contributed by atoms with Crippen LogP contribution >= 0.6 is 0 Å². The van der Waals surface area contributed by atoms with Crippen molar-refractivity contribution in [2.24, 2.45) is 12.0 Å². The van der Waals surface area contributed by atoms with Gasteiger partial charge in [0.15, 0.2) is 0 Å². The lowest BCUT2D eigenvalue weighted by atomic mass is 10.1. The van der Waals surface area contributed by atoms with Gasteiger partial charge in [-0.25, -0.2) is 9.79 Å². The van der Waals surface area contributed by atoms with Gasteiger partial charge in [-0.1, -0.05) is 18.2 Å². The maximum absolute atomic E-state index is 12.4. The predicted octanol–water partition coefficient (Wildman–Crippen LogP) is 0.725. The van der Waals surface area contributed by atoms with E-state index in [1.165, 1.54) is 4.57 Å².